The molecule has 1 saturated carbocycles. The van der Waals surface area contributed by atoms with Gasteiger partial charge in [0.05, 0.1) is 6.61 Å². The maximum absolute atomic E-state index is 6.03. The van der Waals surface area contributed by atoms with E-state index >= 15 is 0 Å². The van der Waals surface area contributed by atoms with Crippen LogP contribution in [-0.2, 0) is 11.8 Å². The molecule has 2 rings (SSSR count). The van der Waals surface area contributed by atoms with Crippen LogP contribution >= 0.6 is 0 Å². The van der Waals surface area contributed by atoms with Crippen LogP contribution in [0.2, 0.25) is 0 Å². The third-order valence-corrected chi connectivity index (χ3v) is 3.85. The lowest BCUT2D eigenvalue weighted by atomic mass is 9.85. The Kier molecular flexibility index (Phi) is 5.09. The maximum atomic E-state index is 6.03. The summed E-state index contributed by atoms with van der Waals surface area (Å²) in [6, 6.07) is 7.43. The van der Waals surface area contributed by atoms with E-state index in [1.807, 2.05) is 0 Å². The average Bonchev–Trinajstić information content (AvgIpc) is 3.21. The van der Waals surface area contributed by atoms with E-state index in [0.29, 0.717) is 0 Å². The molecule has 0 spiro atoms. The molecular formula is C18H29NO. The smallest absolute Gasteiger partial charge is 0.123 e. The molecule has 0 bridgehead atoms. The quantitative estimate of drug-likeness (QED) is 0.757. The second-order valence-electron chi connectivity index (χ2n) is 6.86. The van der Waals surface area contributed by atoms with Crippen molar-refractivity contribution in [3.63, 3.8) is 0 Å². The van der Waals surface area contributed by atoms with Crippen LogP contribution in [-0.4, -0.2) is 19.2 Å². The van der Waals surface area contributed by atoms with Crippen LogP contribution in [0.15, 0.2) is 18.2 Å². The molecule has 1 aliphatic carbocycles. The molecule has 2 heteroatoms. The Bertz CT molecular complexity index is 430. The topological polar surface area (TPSA) is 21.3 Å². The molecule has 0 unspecified atom stereocenters. The highest BCUT2D eigenvalue weighted by Crippen LogP contribution is 2.32. The number of benzene rings is 1. The summed E-state index contributed by atoms with van der Waals surface area (Å²) >= 11 is 0. The minimum Gasteiger partial charge on any atom is -0.493 e. The molecule has 112 valence electrons. The van der Waals surface area contributed by atoms with Gasteiger partial charge < -0.3 is 10.1 Å². The molecule has 2 nitrogen and oxygen atoms in total. The van der Waals surface area contributed by atoms with Crippen LogP contribution in [0.4, 0.5) is 0 Å². The molecule has 1 aromatic carbocycles. The molecule has 0 amide bonds. The summed E-state index contributed by atoms with van der Waals surface area (Å²) in [7, 11) is 0. The Hall–Kier alpha value is -1.02. The van der Waals surface area contributed by atoms with Gasteiger partial charge in [-0.25, -0.2) is 0 Å². The minimum atomic E-state index is 0.132. The van der Waals surface area contributed by atoms with Gasteiger partial charge in [-0.2, -0.15) is 0 Å². The normalized spacial score (nSPS) is 15.4. The van der Waals surface area contributed by atoms with Gasteiger partial charge >= 0.3 is 0 Å². The molecule has 1 aliphatic rings. The zero-order chi connectivity index (χ0) is 14.6. The van der Waals surface area contributed by atoms with Crippen molar-refractivity contribution in [1.82, 2.24) is 5.32 Å². The first kappa shape index (κ1) is 15.4. The molecule has 0 saturated heterocycles. The summed E-state index contributed by atoms with van der Waals surface area (Å²) in [5, 5.41) is 3.53. The molecule has 0 atom stereocenters. The molecule has 1 aromatic rings. The Morgan fingerprint density at radius 1 is 1.25 bits per heavy atom. The lowest BCUT2D eigenvalue weighted by molar-refractivity contribution is 0.300. The first-order valence-corrected chi connectivity index (χ1v) is 8.00. The van der Waals surface area contributed by atoms with Gasteiger partial charge in [-0.05, 0) is 54.8 Å². The molecule has 0 aromatic heterocycles. The molecule has 1 N–H and O–H groups in total. The van der Waals surface area contributed by atoms with E-state index in [2.05, 4.69) is 51.2 Å². The van der Waals surface area contributed by atoms with Gasteiger partial charge in [-0.3, -0.25) is 0 Å². The van der Waals surface area contributed by atoms with E-state index in [-0.39, 0.29) is 5.41 Å². The number of aryl methyl sites for hydroxylation is 1. The summed E-state index contributed by atoms with van der Waals surface area (Å²) in [4.78, 5) is 0. The monoisotopic (exact) mass is 275 g/mol. The van der Waals surface area contributed by atoms with Gasteiger partial charge in [0.25, 0.3) is 0 Å². The highest BCUT2D eigenvalue weighted by molar-refractivity contribution is 5.41. The van der Waals surface area contributed by atoms with Crippen molar-refractivity contribution in [3.8, 4) is 5.75 Å². The van der Waals surface area contributed by atoms with Gasteiger partial charge in [-0.15, -0.1) is 0 Å². The molecule has 0 radical (unpaired) electrons. The third kappa shape index (κ3) is 4.52. The third-order valence-electron chi connectivity index (χ3n) is 3.85. The van der Waals surface area contributed by atoms with Crippen molar-refractivity contribution in [2.75, 3.05) is 13.2 Å². The minimum absolute atomic E-state index is 0.132. The maximum Gasteiger partial charge on any atom is 0.123 e. The van der Waals surface area contributed by atoms with Crippen molar-refractivity contribution < 1.29 is 4.74 Å². The van der Waals surface area contributed by atoms with Gasteiger partial charge in [-0.1, -0.05) is 39.8 Å². The van der Waals surface area contributed by atoms with E-state index in [4.69, 9.17) is 4.74 Å². The highest BCUT2D eigenvalue weighted by atomic mass is 16.5. The summed E-state index contributed by atoms with van der Waals surface area (Å²) in [6.45, 7) is 10.8. The summed E-state index contributed by atoms with van der Waals surface area (Å²) in [6.07, 6.45) is 4.87. The van der Waals surface area contributed by atoms with Crippen molar-refractivity contribution >= 4 is 0 Å². The van der Waals surface area contributed by atoms with Crippen molar-refractivity contribution in [2.24, 2.45) is 0 Å². The standard InChI is InChI=1S/C18H29NO/c1-5-14-7-10-17(16(13-14)18(2,3)4)20-12-6-11-19-15-8-9-15/h7,10,13,15,19H,5-6,8-9,11-12H2,1-4H3. The van der Waals surface area contributed by atoms with E-state index in [0.717, 1.165) is 37.8 Å². The fourth-order valence-corrected chi connectivity index (χ4v) is 2.36. The van der Waals surface area contributed by atoms with Crippen LogP contribution in [0.5, 0.6) is 5.75 Å². The number of rotatable bonds is 7. The Balaban J connectivity index is 1.91. The molecule has 20 heavy (non-hydrogen) atoms. The van der Waals surface area contributed by atoms with Gasteiger partial charge in [0.1, 0.15) is 5.75 Å². The Morgan fingerprint density at radius 3 is 2.60 bits per heavy atom. The Labute approximate surface area is 123 Å². The number of hydrogen-bond acceptors (Lipinski definition) is 2. The van der Waals surface area contributed by atoms with E-state index in [9.17, 15) is 0 Å². The lowest BCUT2D eigenvalue weighted by Gasteiger charge is -2.23. The predicted molar refractivity (Wildman–Crippen MR) is 85.7 cm³/mol. The van der Waals surface area contributed by atoms with Crippen LogP contribution in [0.3, 0.4) is 0 Å². The van der Waals surface area contributed by atoms with E-state index in [1.165, 1.54) is 24.0 Å². The molecule has 0 heterocycles. The van der Waals surface area contributed by atoms with Crippen LogP contribution < -0.4 is 10.1 Å². The number of ether oxygens (including phenoxy) is 1. The predicted octanol–water partition coefficient (Wildman–Crippen LogP) is 4.07. The molecule has 1 fully saturated rings. The second kappa shape index (κ2) is 6.62. The van der Waals surface area contributed by atoms with E-state index < -0.39 is 0 Å². The number of nitrogens with one attached hydrogen (secondary N) is 1. The van der Waals surface area contributed by atoms with Gasteiger partial charge in [0.15, 0.2) is 0 Å². The van der Waals surface area contributed by atoms with Gasteiger partial charge in [0, 0.05) is 6.04 Å². The fraction of sp³-hybridized carbons (Fsp3) is 0.667. The molecule has 0 aliphatic heterocycles. The zero-order valence-electron chi connectivity index (χ0n) is 13.5. The van der Waals surface area contributed by atoms with Crippen molar-refractivity contribution in [3.05, 3.63) is 29.3 Å². The average molecular weight is 275 g/mol. The summed E-state index contributed by atoms with van der Waals surface area (Å²) < 4.78 is 6.03. The zero-order valence-corrected chi connectivity index (χ0v) is 13.5. The van der Waals surface area contributed by atoms with Crippen molar-refractivity contribution in [1.29, 1.82) is 0 Å². The molecular weight excluding hydrogens is 246 g/mol. The second-order valence-corrected chi connectivity index (χ2v) is 6.86. The first-order valence-electron chi connectivity index (χ1n) is 8.00. The first-order chi connectivity index (χ1) is 9.50. The Morgan fingerprint density at radius 2 is 2.00 bits per heavy atom. The summed E-state index contributed by atoms with van der Waals surface area (Å²) in [5.41, 5.74) is 2.84. The van der Waals surface area contributed by atoms with Crippen LogP contribution in [0.25, 0.3) is 0 Å². The fourth-order valence-electron chi connectivity index (χ4n) is 2.36. The van der Waals surface area contributed by atoms with Crippen LogP contribution in [0.1, 0.15) is 58.1 Å². The SMILES string of the molecule is CCc1ccc(OCCCNC2CC2)c(C(C)(C)C)c1. The lowest BCUT2D eigenvalue weighted by Crippen LogP contribution is -2.20. The van der Waals surface area contributed by atoms with Crippen molar-refractivity contribution in [2.45, 2.75) is 64.8 Å². The number of hydrogen-bond donors (Lipinski definition) is 1. The van der Waals surface area contributed by atoms with E-state index in [1.54, 1.807) is 0 Å². The largest absolute Gasteiger partial charge is 0.493 e. The van der Waals surface area contributed by atoms with Crippen LogP contribution in [0, 0.1) is 0 Å². The van der Waals surface area contributed by atoms with Gasteiger partial charge in [0.2, 0.25) is 0 Å². The highest BCUT2D eigenvalue weighted by Gasteiger charge is 2.20. The summed E-state index contributed by atoms with van der Waals surface area (Å²) in [5.74, 6) is 1.06.